The van der Waals surface area contributed by atoms with Crippen molar-refractivity contribution in [3.05, 3.63) is 124 Å². The van der Waals surface area contributed by atoms with E-state index < -0.39 is 42.4 Å². The number of hydrogen-bond donors (Lipinski definition) is 0. The first kappa shape index (κ1) is 22.9. The van der Waals surface area contributed by atoms with E-state index in [1.807, 2.05) is 0 Å². The highest BCUT2D eigenvalue weighted by Crippen LogP contribution is 2.54. The van der Waals surface area contributed by atoms with E-state index in [9.17, 15) is 40.5 Å². The van der Waals surface area contributed by atoms with E-state index in [0.717, 1.165) is 29.8 Å². The molecule has 0 unspecified atom stereocenters. The van der Waals surface area contributed by atoms with Crippen LogP contribution in [0.15, 0.2) is 61.2 Å². The van der Waals surface area contributed by atoms with Crippen molar-refractivity contribution in [2.45, 2.75) is 6.42 Å². The molecule has 12 heteroatoms. The Kier molecular flexibility index (Phi) is 5.62. The highest BCUT2D eigenvalue weighted by molar-refractivity contribution is 6.12. The van der Waals surface area contributed by atoms with Gasteiger partial charge in [-0.3, -0.25) is 40.5 Å². The van der Waals surface area contributed by atoms with E-state index in [4.69, 9.17) is 0 Å². The van der Waals surface area contributed by atoms with E-state index in [-0.39, 0.29) is 27.8 Å². The molecule has 0 bridgehead atoms. The predicted molar refractivity (Wildman–Crippen MR) is 126 cm³/mol. The third-order valence-corrected chi connectivity index (χ3v) is 5.52. The number of hydrogen-bond acceptors (Lipinski definition) is 8. The number of nitro benzene ring substituents is 4. The van der Waals surface area contributed by atoms with E-state index in [1.54, 1.807) is 30.3 Å². The second-order valence-corrected chi connectivity index (χ2v) is 7.60. The molecule has 1 aliphatic carbocycles. The topological polar surface area (TPSA) is 173 Å². The Morgan fingerprint density at radius 1 is 0.686 bits per heavy atom. The summed E-state index contributed by atoms with van der Waals surface area (Å²) in [5.74, 6) is 0. The van der Waals surface area contributed by atoms with Crippen LogP contribution in [0.3, 0.4) is 0 Å². The number of allylic oxidation sites excluding steroid dienone is 1. The molecule has 35 heavy (non-hydrogen) atoms. The summed E-state index contributed by atoms with van der Waals surface area (Å²) >= 11 is 0. The Labute approximate surface area is 196 Å². The van der Waals surface area contributed by atoms with E-state index in [2.05, 4.69) is 6.58 Å². The Balaban J connectivity index is 2.12. The van der Waals surface area contributed by atoms with Crippen molar-refractivity contribution in [1.29, 1.82) is 0 Å². The maximum absolute atomic E-state index is 11.8. The number of nitro groups is 4. The molecule has 0 aliphatic heterocycles. The van der Waals surface area contributed by atoms with E-state index in [1.165, 1.54) is 6.08 Å². The normalized spacial score (nSPS) is 11.4. The first-order valence-corrected chi connectivity index (χ1v) is 9.98. The Morgan fingerprint density at radius 3 is 1.51 bits per heavy atom. The smallest absolute Gasteiger partial charge is 0.258 e. The average Bonchev–Trinajstić information content (AvgIpc) is 3.12. The summed E-state index contributed by atoms with van der Waals surface area (Å²) in [6, 6.07) is 10.7. The van der Waals surface area contributed by atoms with Crippen LogP contribution in [0, 0.1) is 40.5 Å². The summed E-state index contributed by atoms with van der Waals surface area (Å²) in [6.07, 6.45) is 3.86. The van der Waals surface area contributed by atoms with Gasteiger partial charge in [0.2, 0.25) is 0 Å². The Hall–Kier alpha value is -5.26. The molecule has 0 aromatic heterocycles. The van der Waals surface area contributed by atoms with Crippen molar-refractivity contribution in [3.8, 4) is 11.1 Å². The highest BCUT2D eigenvalue weighted by atomic mass is 16.6. The van der Waals surface area contributed by atoms with Gasteiger partial charge in [0.05, 0.1) is 43.0 Å². The fourth-order valence-corrected chi connectivity index (χ4v) is 4.06. The summed E-state index contributed by atoms with van der Waals surface area (Å²) < 4.78 is 0. The zero-order chi connectivity index (χ0) is 25.4. The molecular formula is C23H14N4O8. The van der Waals surface area contributed by atoms with E-state index >= 15 is 0 Å². The first-order chi connectivity index (χ1) is 16.6. The monoisotopic (exact) mass is 474 g/mol. The third-order valence-electron chi connectivity index (χ3n) is 5.52. The van der Waals surface area contributed by atoms with Crippen LogP contribution in [-0.2, 0) is 6.42 Å². The summed E-state index contributed by atoms with van der Waals surface area (Å²) in [7, 11) is 0. The van der Waals surface area contributed by atoms with Gasteiger partial charge >= 0.3 is 0 Å². The van der Waals surface area contributed by atoms with Gasteiger partial charge in [0.1, 0.15) is 0 Å². The van der Waals surface area contributed by atoms with Gasteiger partial charge in [0.25, 0.3) is 22.7 Å². The molecule has 0 amide bonds. The summed E-state index contributed by atoms with van der Waals surface area (Å²) in [5.41, 5.74) is -1.32. The lowest BCUT2D eigenvalue weighted by molar-refractivity contribution is -0.395. The van der Waals surface area contributed by atoms with Crippen molar-refractivity contribution in [3.63, 3.8) is 0 Å². The lowest BCUT2D eigenvalue weighted by Crippen LogP contribution is -1.99. The van der Waals surface area contributed by atoms with Gasteiger partial charge in [0.15, 0.2) is 0 Å². The van der Waals surface area contributed by atoms with Crippen molar-refractivity contribution in [2.24, 2.45) is 0 Å². The minimum Gasteiger partial charge on any atom is -0.258 e. The standard InChI is InChI=1S/C23H14N4O8/c1-2-3-13-4-6-14(7-5-13)8-17-18-9-15(24(28)29)11-20(26(32)33)22(18)23-19(17)10-16(25(30)31)12-21(23)27(34)35/h2,4-12H,1,3H2. The fraction of sp³-hybridized carbons (Fsp3) is 0.0435. The molecule has 1 aliphatic rings. The fourth-order valence-electron chi connectivity index (χ4n) is 4.06. The molecule has 3 aromatic rings. The maximum atomic E-state index is 11.8. The first-order valence-electron chi connectivity index (χ1n) is 9.98. The molecule has 0 fully saturated rings. The number of fused-ring (bicyclic) bond motifs is 3. The van der Waals surface area contributed by atoms with Crippen LogP contribution < -0.4 is 0 Å². The number of benzene rings is 3. The summed E-state index contributed by atoms with van der Waals surface area (Å²) in [4.78, 5) is 43.3. The Morgan fingerprint density at radius 2 is 1.14 bits per heavy atom. The highest BCUT2D eigenvalue weighted by Gasteiger charge is 2.40. The summed E-state index contributed by atoms with van der Waals surface area (Å²) in [6.45, 7) is 3.67. The van der Waals surface area contributed by atoms with Crippen LogP contribution in [0.1, 0.15) is 22.3 Å². The lowest BCUT2D eigenvalue weighted by atomic mass is 9.99. The van der Waals surface area contributed by atoms with Gasteiger partial charge in [0, 0.05) is 23.3 Å². The van der Waals surface area contributed by atoms with Crippen LogP contribution in [0.4, 0.5) is 22.7 Å². The molecule has 174 valence electrons. The Bertz CT molecular complexity index is 1410. The van der Waals surface area contributed by atoms with Gasteiger partial charge in [-0.15, -0.1) is 6.58 Å². The molecule has 0 spiro atoms. The molecule has 3 aromatic carbocycles. The SMILES string of the molecule is C=CCc1ccc(C=C2c3cc([N+](=O)[O-])cc([N+](=O)[O-])c3-c3c2cc([N+](=O)[O-])cc3[N+](=O)[O-])cc1. The molecule has 4 rings (SSSR count). The summed E-state index contributed by atoms with van der Waals surface area (Å²) in [5, 5.41) is 46.7. The van der Waals surface area contributed by atoms with Crippen molar-refractivity contribution in [2.75, 3.05) is 0 Å². The van der Waals surface area contributed by atoms with Gasteiger partial charge in [-0.1, -0.05) is 30.3 Å². The minimum absolute atomic E-state index is 0.000309. The molecule has 0 N–H and O–H groups in total. The molecule has 0 radical (unpaired) electrons. The largest absolute Gasteiger partial charge is 0.284 e. The number of rotatable bonds is 7. The zero-order valence-corrected chi connectivity index (χ0v) is 17.7. The third kappa shape index (κ3) is 3.99. The predicted octanol–water partition coefficient (Wildman–Crippen LogP) is 5.62. The second kappa shape index (κ2) is 8.59. The lowest BCUT2D eigenvalue weighted by Gasteiger charge is -2.05. The van der Waals surface area contributed by atoms with Gasteiger partial charge < -0.3 is 0 Å². The van der Waals surface area contributed by atoms with Crippen LogP contribution in [-0.4, -0.2) is 19.7 Å². The number of nitrogens with zero attached hydrogens (tertiary/aromatic N) is 4. The van der Waals surface area contributed by atoms with E-state index in [0.29, 0.717) is 12.0 Å². The van der Waals surface area contributed by atoms with Gasteiger partial charge in [-0.05, 0) is 29.2 Å². The average molecular weight is 474 g/mol. The van der Waals surface area contributed by atoms with Gasteiger partial charge in [-0.25, -0.2) is 0 Å². The zero-order valence-electron chi connectivity index (χ0n) is 17.7. The molecule has 0 saturated heterocycles. The molecule has 0 heterocycles. The van der Waals surface area contributed by atoms with Crippen LogP contribution >= 0.6 is 0 Å². The molecule has 0 atom stereocenters. The van der Waals surface area contributed by atoms with Crippen LogP contribution in [0.2, 0.25) is 0 Å². The molecular weight excluding hydrogens is 460 g/mol. The second-order valence-electron chi connectivity index (χ2n) is 7.60. The van der Waals surface area contributed by atoms with Crippen molar-refractivity contribution < 1.29 is 19.7 Å². The van der Waals surface area contributed by atoms with Crippen molar-refractivity contribution in [1.82, 2.24) is 0 Å². The quantitative estimate of drug-likeness (QED) is 0.188. The number of non-ortho nitro benzene ring substituents is 2. The van der Waals surface area contributed by atoms with Crippen molar-refractivity contribution >= 4 is 34.4 Å². The minimum atomic E-state index is -0.867. The van der Waals surface area contributed by atoms with Crippen LogP contribution in [0.5, 0.6) is 0 Å². The molecule has 0 saturated carbocycles. The maximum Gasteiger partial charge on any atom is 0.284 e. The van der Waals surface area contributed by atoms with Gasteiger partial charge in [-0.2, -0.15) is 0 Å². The molecule has 12 nitrogen and oxygen atoms in total. The van der Waals surface area contributed by atoms with Crippen LogP contribution in [0.25, 0.3) is 22.8 Å².